The molecule has 1 fully saturated rings. The first kappa shape index (κ1) is 14.5. The van der Waals surface area contributed by atoms with Crippen LogP contribution in [0.15, 0.2) is 40.6 Å². The lowest BCUT2D eigenvalue weighted by molar-refractivity contribution is 0.0646. The molecule has 1 saturated heterocycles. The van der Waals surface area contributed by atoms with Gasteiger partial charge in [-0.05, 0) is 18.9 Å². The van der Waals surface area contributed by atoms with Gasteiger partial charge in [0.2, 0.25) is 0 Å². The molecule has 7 heteroatoms. The third kappa shape index (κ3) is 2.79. The average molecular weight is 304 g/mol. The summed E-state index contributed by atoms with van der Waals surface area (Å²) < 4.78 is 9.93. The molecule has 7 nitrogen and oxygen atoms in total. The van der Waals surface area contributed by atoms with Crippen LogP contribution in [0.4, 0.5) is 0 Å². The first-order chi connectivity index (χ1) is 10.7. The van der Waals surface area contributed by atoms with Crippen molar-refractivity contribution in [1.82, 2.24) is 15.0 Å². The van der Waals surface area contributed by atoms with Gasteiger partial charge in [0.15, 0.2) is 5.69 Å². The maximum atomic E-state index is 12.2. The number of hydrogen-bond acceptors (Lipinski definition) is 6. The Hall–Kier alpha value is -2.44. The summed E-state index contributed by atoms with van der Waals surface area (Å²) >= 11 is 0. The first-order valence-electron chi connectivity index (χ1n) is 7.36. The molecule has 118 valence electrons. The summed E-state index contributed by atoms with van der Waals surface area (Å²) in [5, 5.41) is 3.70. The van der Waals surface area contributed by atoms with Gasteiger partial charge in [-0.25, -0.2) is 0 Å². The number of carbonyl (C=O) groups is 1. The summed E-state index contributed by atoms with van der Waals surface area (Å²) in [5.41, 5.74) is 6.48. The number of allylic oxidation sites excluding steroid dienone is 1. The van der Waals surface area contributed by atoms with Gasteiger partial charge in [-0.15, -0.1) is 0 Å². The molecule has 3 heterocycles. The largest absolute Gasteiger partial charge is 0.497 e. The van der Waals surface area contributed by atoms with Gasteiger partial charge in [-0.1, -0.05) is 5.16 Å². The number of aromatic nitrogens is 1. The zero-order valence-corrected chi connectivity index (χ0v) is 12.6. The Balaban J connectivity index is 1.57. The summed E-state index contributed by atoms with van der Waals surface area (Å²) in [5.74, 6) is 1.45. The topological polar surface area (TPSA) is 84.8 Å². The average Bonchev–Trinajstić information content (AvgIpc) is 3.08. The van der Waals surface area contributed by atoms with E-state index >= 15 is 0 Å². The van der Waals surface area contributed by atoms with E-state index in [0.717, 1.165) is 31.0 Å². The van der Waals surface area contributed by atoms with E-state index in [4.69, 9.17) is 15.0 Å². The van der Waals surface area contributed by atoms with Crippen LogP contribution in [0.1, 0.15) is 23.3 Å². The molecule has 0 bridgehead atoms. The molecule has 0 radical (unpaired) electrons. The van der Waals surface area contributed by atoms with E-state index in [1.54, 1.807) is 13.2 Å². The van der Waals surface area contributed by atoms with Gasteiger partial charge >= 0.3 is 0 Å². The van der Waals surface area contributed by atoms with Crippen molar-refractivity contribution in [3.05, 3.63) is 41.8 Å². The van der Waals surface area contributed by atoms with E-state index in [9.17, 15) is 4.79 Å². The molecule has 0 saturated carbocycles. The molecular formula is C15H20N4O3. The summed E-state index contributed by atoms with van der Waals surface area (Å²) in [7, 11) is 1.64. The number of nitrogens with two attached hydrogens (primary N) is 1. The Labute approximate surface area is 129 Å². The molecule has 2 aliphatic rings. The summed E-state index contributed by atoms with van der Waals surface area (Å²) in [4.78, 5) is 16.2. The molecule has 1 aromatic heterocycles. The second-order valence-corrected chi connectivity index (χ2v) is 5.44. The van der Waals surface area contributed by atoms with Crippen molar-refractivity contribution in [2.24, 2.45) is 5.73 Å². The lowest BCUT2D eigenvalue weighted by atomic mass is 10.0. The van der Waals surface area contributed by atoms with Gasteiger partial charge in [0.05, 0.1) is 7.11 Å². The Kier molecular flexibility index (Phi) is 4.04. The van der Waals surface area contributed by atoms with Crippen LogP contribution < -0.4 is 5.73 Å². The number of methoxy groups -OCH3 is 1. The van der Waals surface area contributed by atoms with Crippen molar-refractivity contribution in [3.8, 4) is 0 Å². The first-order valence-corrected chi connectivity index (χ1v) is 7.36. The highest BCUT2D eigenvalue weighted by Crippen LogP contribution is 2.23. The van der Waals surface area contributed by atoms with E-state index in [1.807, 2.05) is 17.1 Å². The second-order valence-electron chi connectivity index (χ2n) is 5.44. The lowest BCUT2D eigenvalue weighted by Crippen LogP contribution is -2.48. The van der Waals surface area contributed by atoms with Gasteiger partial charge in [0, 0.05) is 37.8 Å². The maximum Gasteiger partial charge on any atom is 0.276 e. The highest BCUT2D eigenvalue weighted by molar-refractivity contribution is 5.92. The molecule has 0 aliphatic carbocycles. The molecule has 22 heavy (non-hydrogen) atoms. The normalized spacial score (nSPS) is 19.7. The molecule has 2 aliphatic heterocycles. The Morgan fingerprint density at radius 2 is 2.23 bits per heavy atom. The smallest absolute Gasteiger partial charge is 0.276 e. The number of carbonyl (C=O) groups excluding carboxylic acids is 1. The van der Waals surface area contributed by atoms with Gasteiger partial charge in [0.1, 0.15) is 17.8 Å². The van der Waals surface area contributed by atoms with Crippen LogP contribution >= 0.6 is 0 Å². The molecular weight excluding hydrogens is 284 g/mol. The number of rotatable bonds is 3. The predicted octanol–water partition coefficient (Wildman–Crippen LogP) is 0.925. The molecule has 2 N–H and O–H groups in total. The fourth-order valence-corrected chi connectivity index (χ4v) is 2.95. The highest BCUT2D eigenvalue weighted by atomic mass is 16.5. The van der Waals surface area contributed by atoms with Crippen LogP contribution in [0.3, 0.4) is 0 Å². The minimum absolute atomic E-state index is 0.0732. The van der Waals surface area contributed by atoms with Crippen molar-refractivity contribution < 1.29 is 14.1 Å². The maximum absolute atomic E-state index is 12.2. The van der Waals surface area contributed by atoms with Crippen LogP contribution in [-0.4, -0.2) is 53.6 Å². The minimum Gasteiger partial charge on any atom is -0.497 e. The molecule has 0 atom stereocenters. The molecule has 0 unspecified atom stereocenters. The Morgan fingerprint density at radius 3 is 2.82 bits per heavy atom. The van der Waals surface area contributed by atoms with Crippen molar-refractivity contribution in [2.75, 3.05) is 26.7 Å². The van der Waals surface area contributed by atoms with E-state index in [0.29, 0.717) is 24.8 Å². The molecule has 1 aromatic rings. The highest BCUT2D eigenvalue weighted by Gasteiger charge is 2.29. The van der Waals surface area contributed by atoms with Crippen LogP contribution in [-0.2, 0) is 4.74 Å². The van der Waals surface area contributed by atoms with Crippen molar-refractivity contribution >= 4 is 5.91 Å². The second kappa shape index (κ2) is 6.13. The van der Waals surface area contributed by atoms with Crippen LogP contribution in [0.2, 0.25) is 0 Å². The molecule has 3 rings (SSSR count). The van der Waals surface area contributed by atoms with Crippen molar-refractivity contribution in [2.45, 2.75) is 18.9 Å². The molecule has 1 amide bonds. The van der Waals surface area contributed by atoms with Crippen molar-refractivity contribution in [1.29, 1.82) is 0 Å². The third-order valence-corrected chi connectivity index (χ3v) is 4.20. The summed E-state index contributed by atoms with van der Waals surface area (Å²) in [6.45, 7) is 2.13. The van der Waals surface area contributed by atoms with E-state index in [-0.39, 0.29) is 5.91 Å². The fraction of sp³-hybridized carbons (Fsp3) is 0.467. The van der Waals surface area contributed by atoms with E-state index in [1.165, 1.54) is 6.26 Å². The number of amides is 1. The van der Waals surface area contributed by atoms with Crippen LogP contribution in [0.5, 0.6) is 0 Å². The summed E-state index contributed by atoms with van der Waals surface area (Å²) in [6, 6.07) is 1.93. The number of piperidine rings is 1. The Bertz CT molecular complexity index is 586. The number of ether oxygens (including phenoxy) is 1. The summed E-state index contributed by atoms with van der Waals surface area (Å²) in [6.07, 6.45) is 7.04. The quantitative estimate of drug-likeness (QED) is 0.894. The number of hydrogen-bond donors (Lipinski definition) is 1. The van der Waals surface area contributed by atoms with E-state index in [2.05, 4.69) is 10.1 Å². The van der Waals surface area contributed by atoms with Crippen LogP contribution in [0, 0.1) is 0 Å². The predicted molar refractivity (Wildman–Crippen MR) is 79.5 cm³/mol. The number of likely N-dealkylation sites (tertiary alicyclic amines) is 1. The SMILES string of the molecule is COC1=CCN(C2CCN(C(=O)c3ccon3)CC2)C(N)=C1. The standard InChI is InChI=1S/C15H20N4O3/c1-21-12-4-8-19(14(16)10-12)11-2-6-18(7-3-11)15(20)13-5-9-22-17-13/h4-5,9-11H,2-3,6-8,16H2,1H3. The zero-order chi connectivity index (χ0) is 15.5. The van der Waals surface area contributed by atoms with E-state index < -0.39 is 0 Å². The van der Waals surface area contributed by atoms with Gasteiger partial charge in [0.25, 0.3) is 5.91 Å². The zero-order valence-electron chi connectivity index (χ0n) is 12.6. The monoisotopic (exact) mass is 304 g/mol. The van der Waals surface area contributed by atoms with Crippen molar-refractivity contribution in [3.63, 3.8) is 0 Å². The van der Waals surface area contributed by atoms with Gasteiger partial charge in [-0.2, -0.15) is 0 Å². The fourth-order valence-electron chi connectivity index (χ4n) is 2.95. The molecule has 0 aromatic carbocycles. The third-order valence-electron chi connectivity index (χ3n) is 4.20. The Morgan fingerprint density at radius 1 is 1.45 bits per heavy atom. The van der Waals surface area contributed by atoms with Gasteiger partial charge in [-0.3, -0.25) is 4.79 Å². The minimum atomic E-state index is -0.0732. The lowest BCUT2D eigenvalue weighted by Gasteiger charge is -2.40. The van der Waals surface area contributed by atoms with Gasteiger partial charge < -0.3 is 24.8 Å². The van der Waals surface area contributed by atoms with Crippen LogP contribution in [0.25, 0.3) is 0 Å². The number of nitrogens with zero attached hydrogens (tertiary/aromatic N) is 3. The molecule has 0 spiro atoms.